The third-order valence-corrected chi connectivity index (χ3v) is 11.7. The van der Waals surface area contributed by atoms with Gasteiger partial charge in [0.2, 0.25) is 0 Å². The molecule has 0 bridgehead atoms. The average Bonchev–Trinajstić information content (AvgIpc) is 3.05. The van der Waals surface area contributed by atoms with E-state index < -0.39 is 5.97 Å². The van der Waals surface area contributed by atoms with Crippen LogP contribution in [0.15, 0.2) is 22.8 Å². The van der Waals surface area contributed by atoms with Gasteiger partial charge in [0.05, 0.1) is 6.10 Å². The van der Waals surface area contributed by atoms with Crippen molar-refractivity contribution in [3.05, 3.63) is 22.8 Å². The summed E-state index contributed by atoms with van der Waals surface area (Å²) in [5, 5.41) is 21.0. The van der Waals surface area contributed by atoms with Gasteiger partial charge < -0.3 is 10.2 Å². The second kappa shape index (κ2) is 8.32. The maximum absolute atomic E-state index is 12.8. The van der Waals surface area contributed by atoms with Gasteiger partial charge in [-0.2, -0.15) is 0 Å². The van der Waals surface area contributed by atoms with Gasteiger partial charge in [0.1, 0.15) is 5.78 Å². The molecule has 0 spiro atoms. The molecule has 7 unspecified atom stereocenters. The Kier molecular flexibility index (Phi) is 6.28. The Labute approximate surface area is 206 Å². The third kappa shape index (κ3) is 3.41. The largest absolute Gasteiger partial charge is 0.478 e. The van der Waals surface area contributed by atoms with Gasteiger partial charge in [-0.3, -0.25) is 4.79 Å². The first kappa shape index (κ1) is 25.7. The molecule has 2 saturated carbocycles. The maximum atomic E-state index is 12.8. The number of carbonyl (C=O) groups is 2. The monoisotopic (exact) mass is 470 g/mol. The fraction of sp³-hybridized carbons (Fsp3) is 0.800. The van der Waals surface area contributed by atoms with E-state index in [4.69, 9.17) is 5.11 Å². The van der Waals surface area contributed by atoms with Crippen LogP contribution in [0.2, 0.25) is 0 Å². The number of carboxylic acid groups (broad SMARTS) is 1. The van der Waals surface area contributed by atoms with Crippen LogP contribution in [-0.2, 0) is 9.59 Å². The quantitative estimate of drug-likeness (QED) is 0.345. The lowest BCUT2D eigenvalue weighted by atomic mass is 9.43. The van der Waals surface area contributed by atoms with Crippen LogP contribution in [0, 0.1) is 39.4 Å². The highest BCUT2D eigenvalue weighted by molar-refractivity contribution is 5.86. The van der Waals surface area contributed by atoms with Crippen molar-refractivity contribution in [1.82, 2.24) is 0 Å². The number of aliphatic carboxylic acids is 1. The number of Topliss-reactive ketones (excluding diaryl/α,β-unsaturated/α-hetero) is 1. The van der Waals surface area contributed by atoms with E-state index in [0.29, 0.717) is 35.5 Å². The molecule has 0 radical (unpaired) electrons. The van der Waals surface area contributed by atoms with E-state index >= 15 is 0 Å². The molecule has 4 aliphatic carbocycles. The summed E-state index contributed by atoms with van der Waals surface area (Å²) in [6, 6.07) is 0. The molecule has 0 heterocycles. The summed E-state index contributed by atoms with van der Waals surface area (Å²) in [7, 11) is 0. The molecule has 0 aromatic carbocycles. The van der Waals surface area contributed by atoms with Crippen LogP contribution in [0.1, 0.15) is 106 Å². The van der Waals surface area contributed by atoms with Crippen molar-refractivity contribution >= 4 is 11.8 Å². The number of rotatable bonds is 5. The van der Waals surface area contributed by atoms with E-state index in [1.807, 2.05) is 6.08 Å². The molecule has 0 aromatic rings. The Balaban J connectivity index is 1.66. The van der Waals surface area contributed by atoms with Crippen LogP contribution in [-0.4, -0.2) is 28.1 Å². The van der Waals surface area contributed by atoms with Crippen molar-refractivity contribution in [1.29, 1.82) is 0 Å². The standard InChI is InChI=1S/C30H46O4/c1-18(9-8-10-19(2)26(33)34)20-13-16-29(6)21-11-12-23-27(3,4)24(31)14-15-28(23,5)22(21)17-25(32)30(20,29)7/h10,18,20,23,25,32H,8-9,11-17H2,1-7H3,(H,33,34). The van der Waals surface area contributed by atoms with Gasteiger partial charge in [0, 0.05) is 22.8 Å². The Morgan fingerprint density at radius 2 is 1.76 bits per heavy atom. The summed E-state index contributed by atoms with van der Waals surface area (Å²) in [4.78, 5) is 24.0. The summed E-state index contributed by atoms with van der Waals surface area (Å²) < 4.78 is 0. The number of fused-ring (bicyclic) bond motifs is 4. The number of aliphatic hydroxyl groups excluding tert-OH is 1. The normalized spacial score (nSPS) is 42.6. The van der Waals surface area contributed by atoms with E-state index in [2.05, 4.69) is 41.5 Å². The second-order valence-electron chi connectivity index (χ2n) is 13.3. The van der Waals surface area contributed by atoms with Crippen LogP contribution in [0.4, 0.5) is 0 Å². The molecule has 4 aliphatic rings. The molecular weight excluding hydrogens is 424 g/mol. The summed E-state index contributed by atoms with van der Waals surface area (Å²) in [5.74, 6) is 0.787. The lowest BCUT2D eigenvalue weighted by molar-refractivity contribution is -0.141. The van der Waals surface area contributed by atoms with Crippen molar-refractivity contribution in [2.45, 2.75) is 112 Å². The predicted octanol–water partition coefficient (Wildman–Crippen LogP) is 6.72. The lowest BCUT2D eigenvalue weighted by Crippen LogP contribution is -2.57. The topological polar surface area (TPSA) is 74.6 Å². The molecule has 0 saturated heterocycles. The van der Waals surface area contributed by atoms with E-state index in [9.17, 15) is 14.7 Å². The molecule has 190 valence electrons. The van der Waals surface area contributed by atoms with E-state index in [1.54, 1.807) is 12.5 Å². The Bertz CT molecular complexity index is 941. The summed E-state index contributed by atoms with van der Waals surface area (Å²) in [5.41, 5.74) is 3.07. The van der Waals surface area contributed by atoms with Crippen molar-refractivity contribution in [3.8, 4) is 0 Å². The number of aliphatic hydroxyl groups is 1. The molecule has 2 fully saturated rings. The van der Waals surface area contributed by atoms with Crippen molar-refractivity contribution < 1.29 is 19.8 Å². The molecular formula is C30H46O4. The van der Waals surface area contributed by atoms with Crippen LogP contribution < -0.4 is 0 Å². The van der Waals surface area contributed by atoms with Crippen LogP contribution in [0.25, 0.3) is 0 Å². The fourth-order valence-corrected chi connectivity index (χ4v) is 9.30. The highest BCUT2D eigenvalue weighted by Gasteiger charge is 2.66. The van der Waals surface area contributed by atoms with Crippen molar-refractivity contribution in [2.75, 3.05) is 0 Å². The molecule has 0 aliphatic heterocycles. The van der Waals surface area contributed by atoms with Gasteiger partial charge >= 0.3 is 5.97 Å². The lowest BCUT2D eigenvalue weighted by Gasteiger charge is -2.62. The highest BCUT2D eigenvalue weighted by Crippen LogP contribution is 2.72. The molecule has 7 atom stereocenters. The Hall–Kier alpha value is -1.42. The summed E-state index contributed by atoms with van der Waals surface area (Å²) >= 11 is 0. The van der Waals surface area contributed by atoms with Gasteiger partial charge in [-0.1, -0.05) is 58.8 Å². The first-order chi connectivity index (χ1) is 15.7. The van der Waals surface area contributed by atoms with Gasteiger partial charge in [-0.05, 0) is 86.9 Å². The van der Waals surface area contributed by atoms with Crippen molar-refractivity contribution in [3.63, 3.8) is 0 Å². The molecule has 0 amide bonds. The number of allylic oxidation sites excluding steroid dienone is 2. The molecule has 0 aromatic heterocycles. The SMILES string of the molecule is CC(=CCCC(C)C1CCC2(C)C3=C(CC(O)C12C)C1(C)CCC(=O)C(C)(C)C1CC3)C(=O)O. The highest BCUT2D eigenvalue weighted by atomic mass is 16.4. The number of ketones is 1. The minimum absolute atomic E-state index is 0.00861. The number of carbonyl (C=O) groups excluding carboxylic acids is 1. The van der Waals surface area contributed by atoms with Crippen molar-refractivity contribution in [2.24, 2.45) is 39.4 Å². The summed E-state index contributed by atoms with van der Waals surface area (Å²) in [6.07, 6.45) is 9.90. The zero-order chi connectivity index (χ0) is 25.3. The van der Waals surface area contributed by atoms with E-state index in [1.165, 1.54) is 5.57 Å². The van der Waals surface area contributed by atoms with Crippen LogP contribution >= 0.6 is 0 Å². The molecule has 34 heavy (non-hydrogen) atoms. The minimum atomic E-state index is -0.841. The molecule has 4 nitrogen and oxygen atoms in total. The van der Waals surface area contributed by atoms with Gasteiger partial charge in [0.25, 0.3) is 0 Å². The van der Waals surface area contributed by atoms with E-state index in [-0.39, 0.29) is 27.8 Å². The smallest absolute Gasteiger partial charge is 0.330 e. The molecule has 4 heteroatoms. The van der Waals surface area contributed by atoms with Gasteiger partial charge in [-0.15, -0.1) is 0 Å². The first-order valence-corrected chi connectivity index (χ1v) is 13.6. The fourth-order valence-electron chi connectivity index (χ4n) is 9.30. The zero-order valence-electron chi connectivity index (χ0n) is 22.5. The van der Waals surface area contributed by atoms with Gasteiger partial charge in [0.15, 0.2) is 0 Å². The van der Waals surface area contributed by atoms with Gasteiger partial charge in [-0.25, -0.2) is 4.79 Å². The minimum Gasteiger partial charge on any atom is -0.478 e. The number of carboxylic acids is 1. The second-order valence-corrected chi connectivity index (χ2v) is 13.3. The number of hydrogen-bond acceptors (Lipinski definition) is 3. The van der Waals surface area contributed by atoms with E-state index in [0.717, 1.165) is 51.4 Å². The third-order valence-electron chi connectivity index (χ3n) is 11.7. The summed E-state index contributed by atoms with van der Waals surface area (Å²) in [6.45, 7) is 15.4. The average molecular weight is 471 g/mol. The predicted molar refractivity (Wildman–Crippen MR) is 135 cm³/mol. The molecule has 4 rings (SSSR count). The van der Waals surface area contributed by atoms with Crippen LogP contribution in [0.5, 0.6) is 0 Å². The Morgan fingerprint density at radius 1 is 1.09 bits per heavy atom. The number of hydrogen-bond donors (Lipinski definition) is 2. The zero-order valence-corrected chi connectivity index (χ0v) is 22.5. The maximum Gasteiger partial charge on any atom is 0.330 e. The molecule has 2 N–H and O–H groups in total. The Morgan fingerprint density at radius 3 is 2.41 bits per heavy atom. The first-order valence-electron chi connectivity index (χ1n) is 13.6. The van der Waals surface area contributed by atoms with Crippen LogP contribution in [0.3, 0.4) is 0 Å².